The molecule has 4 heterocycles. The van der Waals surface area contributed by atoms with Crippen molar-refractivity contribution in [3.05, 3.63) is 70.3 Å². The number of ether oxygens (including phenoxy) is 2. The van der Waals surface area contributed by atoms with Crippen LogP contribution in [0.25, 0.3) is 33.3 Å². The summed E-state index contributed by atoms with van der Waals surface area (Å²) in [6.45, 7) is 8.45. The number of rotatable bonds is 22. The zero-order valence-electron chi connectivity index (χ0n) is 35.0. The molecule has 1 saturated carbocycles. The third kappa shape index (κ3) is 10.7. The minimum Gasteiger partial charge on any atom is -0.393 e. The van der Waals surface area contributed by atoms with Crippen LogP contribution in [0.1, 0.15) is 87.9 Å². The quantitative estimate of drug-likeness (QED) is 0.0496. The van der Waals surface area contributed by atoms with Gasteiger partial charge in [0.15, 0.2) is 5.65 Å². The first-order valence-electron chi connectivity index (χ1n) is 21.7. The van der Waals surface area contributed by atoms with Crippen LogP contribution in [-0.4, -0.2) is 105 Å². The molecule has 7 rings (SSSR count). The van der Waals surface area contributed by atoms with Gasteiger partial charge in [-0.05, 0) is 74.6 Å². The first-order valence-corrected chi connectivity index (χ1v) is 21.7. The van der Waals surface area contributed by atoms with E-state index in [1.54, 1.807) is 11.6 Å². The molecule has 0 radical (unpaired) electrons. The van der Waals surface area contributed by atoms with Crippen LogP contribution in [-0.2, 0) is 39.1 Å². The number of aliphatic hydroxyl groups is 1. The van der Waals surface area contributed by atoms with Gasteiger partial charge in [0.2, 0.25) is 17.8 Å². The number of nitrogens with zero attached hydrogens (tertiary/aromatic N) is 6. The highest BCUT2D eigenvalue weighted by Gasteiger charge is 2.31. The zero-order valence-corrected chi connectivity index (χ0v) is 35.0. The minimum absolute atomic E-state index is 0.204. The lowest BCUT2D eigenvalue weighted by Crippen LogP contribution is -2.44. The molecular weight excluding hydrogens is 765 g/mol. The average Bonchev–Trinajstić information content (AvgIpc) is 3.75. The molecule has 2 fully saturated rings. The second-order valence-electron chi connectivity index (χ2n) is 15.9. The molecular formula is C44H60N10O6. The van der Waals surface area contributed by atoms with Gasteiger partial charge in [-0.15, -0.1) is 0 Å². The van der Waals surface area contributed by atoms with Crippen molar-refractivity contribution >= 4 is 39.8 Å². The van der Waals surface area contributed by atoms with Crippen LogP contribution in [0.15, 0.2) is 53.5 Å². The molecule has 0 bridgehead atoms. The van der Waals surface area contributed by atoms with Crippen molar-refractivity contribution in [3.63, 3.8) is 0 Å². The van der Waals surface area contributed by atoms with E-state index in [-0.39, 0.29) is 30.2 Å². The van der Waals surface area contributed by atoms with Crippen LogP contribution < -0.4 is 27.0 Å². The molecule has 1 atom stereocenters. The van der Waals surface area contributed by atoms with E-state index in [9.17, 15) is 19.5 Å². The summed E-state index contributed by atoms with van der Waals surface area (Å²) in [6.07, 6.45) is 9.30. The fourth-order valence-corrected chi connectivity index (χ4v) is 8.11. The summed E-state index contributed by atoms with van der Waals surface area (Å²) in [4.78, 5) is 46.6. The molecule has 16 heteroatoms. The monoisotopic (exact) mass is 824 g/mol. The smallest absolute Gasteiger partial charge is 0.329 e. The number of nitrogens with one attached hydrogen (secondary N) is 4. The van der Waals surface area contributed by atoms with Crippen molar-refractivity contribution in [3.8, 4) is 11.3 Å². The first-order chi connectivity index (χ1) is 29.3. The number of hydrogen-bond donors (Lipinski definition) is 5. The summed E-state index contributed by atoms with van der Waals surface area (Å²) in [5.41, 5.74) is 6.23. The summed E-state index contributed by atoms with van der Waals surface area (Å²) >= 11 is 0. The van der Waals surface area contributed by atoms with Crippen LogP contribution in [0.4, 0.5) is 5.95 Å². The van der Waals surface area contributed by atoms with Gasteiger partial charge in [0.25, 0.3) is 0 Å². The van der Waals surface area contributed by atoms with Gasteiger partial charge in [0.1, 0.15) is 11.7 Å². The first kappa shape index (κ1) is 43.1. The molecule has 5 aromatic rings. The third-order valence-electron chi connectivity index (χ3n) is 11.5. The van der Waals surface area contributed by atoms with Crippen LogP contribution in [0.3, 0.4) is 0 Å². The number of piperidine rings is 1. The number of aromatic nitrogens is 6. The van der Waals surface area contributed by atoms with E-state index in [1.165, 1.54) is 10.1 Å². The van der Waals surface area contributed by atoms with Crippen molar-refractivity contribution in [1.82, 2.24) is 44.8 Å². The third-order valence-corrected chi connectivity index (χ3v) is 11.5. The Balaban J connectivity index is 0.762. The van der Waals surface area contributed by atoms with Gasteiger partial charge < -0.3 is 30.5 Å². The van der Waals surface area contributed by atoms with Gasteiger partial charge >= 0.3 is 5.69 Å². The minimum atomic E-state index is -0.686. The van der Waals surface area contributed by atoms with Gasteiger partial charge in [0.05, 0.1) is 48.4 Å². The summed E-state index contributed by atoms with van der Waals surface area (Å²) in [7, 11) is 1.71. The van der Waals surface area contributed by atoms with Gasteiger partial charge in [0, 0.05) is 64.6 Å². The number of imidazole rings is 1. The standard InChI is InChI=1S/C44H60N10O6/c1-3-4-19-47-43-48-29-35-40(51-54(41(35)50-43)33-12-14-34(55)15-13-33)32-10-7-31(8-11-32)28-46-21-20-45-22-24-60-26-25-59-23-5-6-30-9-16-36-38(27-30)52(2)44(58)53(36)37-17-18-39(56)49-42(37)57/h7-11,16,27,29,33-34,37,45-46,55H,3-6,12-15,17-26,28H2,1-2H3,(H,47,48,50)(H,49,56,57)/t33-,34-,37-/m0/s1. The van der Waals surface area contributed by atoms with Crippen LogP contribution >= 0.6 is 0 Å². The maximum Gasteiger partial charge on any atom is 0.329 e. The number of hydrogen-bond acceptors (Lipinski definition) is 12. The highest BCUT2D eigenvalue weighted by molar-refractivity contribution is 6.00. The highest BCUT2D eigenvalue weighted by Crippen LogP contribution is 2.35. The number of imide groups is 1. The highest BCUT2D eigenvalue weighted by atomic mass is 16.5. The lowest BCUT2D eigenvalue weighted by atomic mass is 9.93. The van der Waals surface area contributed by atoms with Crippen molar-refractivity contribution in [2.75, 3.05) is 57.9 Å². The van der Waals surface area contributed by atoms with Crippen molar-refractivity contribution in [2.24, 2.45) is 7.05 Å². The number of fused-ring (bicyclic) bond motifs is 2. The molecule has 60 heavy (non-hydrogen) atoms. The molecule has 16 nitrogen and oxygen atoms in total. The van der Waals surface area contributed by atoms with E-state index in [0.717, 1.165) is 117 Å². The Morgan fingerprint density at radius 1 is 0.850 bits per heavy atom. The molecule has 1 aliphatic heterocycles. The topological polar surface area (TPSA) is 191 Å². The lowest BCUT2D eigenvalue weighted by molar-refractivity contribution is -0.135. The fraction of sp³-hybridized carbons (Fsp3) is 0.545. The van der Waals surface area contributed by atoms with Crippen LogP contribution in [0.5, 0.6) is 0 Å². The molecule has 3 aromatic heterocycles. The fourth-order valence-electron chi connectivity index (χ4n) is 8.11. The molecule has 2 aromatic carbocycles. The molecule has 0 unspecified atom stereocenters. The number of carbonyl (C=O) groups is 2. The second-order valence-corrected chi connectivity index (χ2v) is 15.9. The Morgan fingerprint density at radius 2 is 1.62 bits per heavy atom. The molecule has 0 spiro atoms. The van der Waals surface area contributed by atoms with Crippen LogP contribution in [0.2, 0.25) is 0 Å². The summed E-state index contributed by atoms with van der Waals surface area (Å²) < 4.78 is 16.7. The Morgan fingerprint density at radius 3 is 2.40 bits per heavy atom. The van der Waals surface area contributed by atoms with Crippen molar-refractivity contribution < 1.29 is 24.2 Å². The summed E-state index contributed by atoms with van der Waals surface area (Å²) in [5, 5.41) is 28.8. The molecule has 1 aliphatic carbocycles. The molecule has 2 amide bonds. The molecule has 322 valence electrons. The Kier molecular flexibility index (Phi) is 15.1. The maximum atomic E-state index is 13.0. The van der Waals surface area contributed by atoms with E-state index < -0.39 is 11.9 Å². The number of amides is 2. The SMILES string of the molecule is CCCCNc1ncc2c(-c3ccc(CNCCNCCOCCOCCCc4ccc5c(c4)n(C)c(=O)n5[C@H]4CCC(=O)NC4=O)cc3)nn([C@H]3CC[C@H](O)CC3)c2n1. The number of benzene rings is 2. The average molecular weight is 825 g/mol. The van der Waals surface area contributed by atoms with E-state index in [0.29, 0.717) is 44.3 Å². The van der Waals surface area contributed by atoms with E-state index in [2.05, 4.69) is 62.1 Å². The van der Waals surface area contributed by atoms with Crippen molar-refractivity contribution in [1.29, 1.82) is 0 Å². The number of unbranched alkanes of at least 4 members (excludes halogenated alkanes) is 1. The molecule has 2 aliphatic rings. The Bertz CT molecular complexity index is 2260. The van der Waals surface area contributed by atoms with Gasteiger partial charge in [-0.25, -0.2) is 14.5 Å². The van der Waals surface area contributed by atoms with Crippen molar-refractivity contribution in [2.45, 2.75) is 95.9 Å². The summed E-state index contributed by atoms with van der Waals surface area (Å²) in [6, 6.07) is 13.9. The lowest BCUT2D eigenvalue weighted by Gasteiger charge is -2.25. The maximum absolute atomic E-state index is 13.0. The predicted octanol–water partition coefficient (Wildman–Crippen LogP) is 4.16. The Labute approximate surface area is 350 Å². The van der Waals surface area contributed by atoms with Gasteiger partial charge in [-0.1, -0.05) is 43.7 Å². The Hall–Kier alpha value is -5.00. The largest absolute Gasteiger partial charge is 0.393 e. The second kappa shape index (κ2) is 21.0. The number of aryl methyl sites for hydroxylation is 2. The zero-order chi connectivity index (χ0) is 41.8. The van der Waals surface area contributed by atoms with Gasteiger partial charge in [-0.3, -0.25) is 24.0 Å². The predicted molar refractivity (Wildman–Crippen MR) is 231 cm³/mol. The number of aliphatic hydroxyl groups excluding tert-OH is 1. The number of anilines is 1. The normalized spacial score (nSPS) is 18.4. The number of carbonyl (C=O) groups excluding carboxylic acids is 2. The summed E-state index contributed by atoms with van der Waals surface area (Å²) in [5.74, 6) is -0.104. The van der Waals surface area contributed by atoms with E-state index in [4.69, 9.17) is 19.6 Å². The van der Waals surface area contributed by atoms with Gasteiger partial charge in [-0.2, -0.15) is 10.1 Å². The van der Waals surface area contributed by atoms with E-state index in [1.807, 2.05) is 24.4 Å². The molecule has 1 saturated heterocycles. The van der Waals surface area contributed by atoms with Crippen LogP contribution in [0, 0.1) is 0 Å². The van der Waals surface area contributed by atoms with E-state index >= 15 is 0 Å². The molecule has 5 N–H and O–H groups in total.